The molecule has 7 heteroatoms. The molecule has 1 aromatic rings. The van der Waals surface area contributed by atoms with Crippen LogP contribution in [0.5, 0.6) is 0 Å². The number of hydrogen-bond acceptors (Lipinski definition) is 5. The van der Waals surface area contributed by atoms with Crippen LogP contribution in [0.15, 0.2) is 18.3 Å². The molecule has 2 fully saturated rings. The monoisotopic (exact) mass is 332 g/mol. The Balaban J connectivity index is 1.63. The zero-order valence-corrected chi connectivity index (χ0v) is 13.9. The van der Waals surface area contributed by atoms with Crippen LogP contribution in [0, 0.1) is 0 Å². The van der Waals surface area contributed by atoms with Crippen LogP contribution in [0.4, 0.5) is 11.5 Å². The molecule has 3 heterocycles. The number of rotatable bonds is 3. The Bertz CT molecular complexity index is 598. The van der Waals surface area contributed by atoms with Crippen molar-refractivity contribution >= 4 is 23.3 Å². The van der Waals surface area contributed by atoms with Crippen LogP contribution in [0.3, 0.4) is 0 Å². The lowest BCUT2D eigenvalue weighted by molar-refractivity contribution is -0.134. The second-order valence-corrected chi connectivity index (χ2v) is 6.52. The summed E-state index contributed by atoms with van der Waals surface area (Å²) in [4.78, 5) is 32.1. The summed E-state index contributed by atoms with van der Waals surface area (Å²) in [5.74, 6) is 0.439. The van der Waals surface area contributed by atoms with E-state index in [0.29, 0.717) is 5.69 Å². The van der Waals surface area contributed by atoms with E-state index in [-0.39, 0.29) is 24.8 Å². The summed E-state index contributed by atoms with van der Waals surface area (Å²) in [6, 6.07) is 3.12. The van der Waals surface area contributed by atoms with Crippen molar-refractivity contribution in [2.45, 2.75) is 44.8 Å². The van der Waals surface area contributed by atoms with Gasteiger partial charge in [0.25, 0.3) is 0 Å². The van der Waals surface area contributed by atoms with Crippen LogP contribution in [0.1, 0.15) is 32.6 Å². The van der Waals surface area contributed by atoms with Gasteiger partial charge in [-0.3, -0.25) is 9.59 Å². The molecule has 3 rings (SSSR count). The first-order valence-electron chi connectivity index (χ1n) is 8.52. The maximum atomic E-state index is 12.4. The number of hydrogen-bond donors (Lipinski definition) is 2. The molecule has 7 nitrogen and oxygen atoms in total. The lowest BCUT2D eigenvalue weighted by Gasteiger charge is -2.27. The third-order valence-corrected chi connectivity index (χ3v) is 4.68. The summed E-state index contributed by atoms with van der Waals surface area (Å²) in [6.07, 6.45) is 4.90. The average Bonchev–Trinajstić information content (AvgIpc) is 2.99. The number of nitrogens with one attached hydrogen (secondary N) is 1. The fourth-order valence-corrected chi connectivity index (χ4v) is 3.41. The van der Waals surface area contributed by atoms with Gasteiger partial charge in [-0.25, -0.2) is 4.98 Å². The molecule has 0 radical (unpaired) electrons. The Morgan fingerprint density at radius 1 is 1.25 bits per heavy atom. The number of likely N-dealkylation sites (tertiary alicyclic amines) is 1. The SMILES string of the molecule is CC(=O)N1C[C@H](O)C[C@@H]1C(=O)Nc1ccc(N2CCCCC2)nc1. The van der Waals surface area contributed by atoms with E-state index in [9.17, 15) is 14.7 Å². The van der Waals surface area contributed by atoms with E-state index in [1.54, 1.807) is 6.20 Å². The average molecular weight is 332 g/mol. The minimum atomic E-state index is -0.649. The number of carbonyl (C=O) groups is 2. The summed E-state index contributed by atoms with van der Waals surface area (Å²) in [5, 5.41) is 12.5. The van der Waals surface area contributed by atoms with Gasteiger partial charge in [0.05, 0.1) is 18.0 Å². The molecule has 2 N–H and O–H groups in total. The Morgan fingerprint density at radius 2 is 2.00 bits per heavy atom. The summed E-state index contributed by atoms with van der Waals surface area (Å²) in [7, 11) is 0. The number of nitrogens with zero attached hydrogens (tertiary/aromatic N) is 3. The minimum absolute atomic E-state index is 0.203. The van der Waals surface area contributed by atoms with Gasteiger partial charge in [-0.15, -0.1) is 0 Å². The quantitative estimate of drug-likeness (QED) is 0.862. The van der Waals surface area contributed by atoms with Crippen molar-refractivity contribution in [3.05, 3.63) is 18.3 Å². The van der Waals surface area contributed by atoms with Gasteiger partial charge in [-0.05, 0) is 31.4 Å². The van der Waals surface area contributed by atoms with Crippen LogP contribution in [-0.4, -0.2) is 58.6 Å². The molecule has 2 aliphatic rings. The molecule has 0 bridgehead atoms. The fraction of sp³-hybridized carbons (Fsp3) is 0.588. The molecular formula is C17H24N4O3. The highest BCUT2D eigenvalue weighted by molar-refractivity contribution is 5.97. The first kappa shape index (κ1) is 16.7. The van der Waals surface area contributed by atoms with Gasteiger partial charge in [-0.1, -0.05) is 0 Å². The van der Waals surface area contributed by atoms with Crippen molar-refractivity contribution in [1.82, 2.24) is 9.88 Å². The molecule has 2 saturated heterocycles. The molecule has 2 atom stereocenters. The van der Waals surface area contributed by atoms with Crippen LogP contribution >= 0.6 is 0 Å². The predicted molar refractivity (Wildman–Crippen MR) is 90.7 cm³/mol. The highest BCUT2D eigenvalue weighted by Crippen LogP contribution is 2.22. The summed E-state index contributed by atoms with van der Waals surface area (Å²) < 4.78 is 0. The zero-order valence-electron chi connectivity index (χ0n) is 13.9. The number of anilines is 2. The number of piperidine rings is 1. The van der Waals surface area contributed by atoms with Crippen molar-refractivity contribution in [2.24, 2.45) is 0 Å². The minimum Gasteiger partial charge on any atom is -0.391 e. The van der Waals surface area contributed by atoms with E-state index >= 15 is 0 Å². The maximum absolute atomic E-state index is 12.4. The number of amides is 2. The summed E-state index contributed by atoms with van der Waals surface area (Å²) in [6.45, 7) is 3.66. The smallest absolute Gasteiger partial charge is 0.247 e. The van der Waals surface area contributed by atoms with Gasteiger partial charge < -0.3 is 20.2 Å². The highest BCUT2D eigenvalue weighted by atomic mass is 16.3. The second kappa shape index (κ2) is 7.17. The largest absolute Gasteiger partial charge is 0.391 e. The molecule has 2 aliphatic heterocycles. The van der Waals surface area contributed by atoms with Crippen molar-refractivity contribution < 1.29 is 14.7 Å². The van der Waals surface area contributed by atoms with Gasteiger partial charge in [-0.2, -0.15) is 0 Å². The molecule has 0 aliphatic carbocycles. The van der Waals surface area contributed by atoms with E-state index in [4.69, 9.17) is 0 Å². The second-order valence-electron chi connectivity index (χ2n) is 6.52. The first-order valence-corrected chi connectivity index (χ1v) is 8.52. The van der Waals surface area contributed by atoms with E-state index in [1.165, 1.54) is 31.1 Å². The predicted octanol–water partition coefficient (Wildman–Crippen LogP) is 0.992. The highest BCUT2D eigenvalue weighted by Gasteiger charge is 2.37. The molecule has 1 aromatic heterocycles. The van der Waals surface area contributed by atoms with Crippen LogP contribution < -0.4 is 10.2 Å². The lowest BCUT2D eigenvalue weighted by Crippen LogP contribution is -2.42. The molecular weight excluding hydrogens is 308 g/mol. The summed E-state index contributed by atoms with van der Waals surface area (Å²) >= 11 is 0. The lowest BCUT2D eigenvalue weighted by atomic mass is 10.1. The molecule has 0 saturated carbocycles. The number of aliphatic hydroxyl groups excluding tert-OH is 1. The number of β-amino-alcohol motifs (C(OH)–C–C–N with tert-alkyl or cyclic N) is 1. The third-order valence-electron chi connectivity index (χ3n) is 4.68. The topological polar surface area (TPSA) is 85.8 Å². The van der Waals surface area contributed by atoms with Gasteiger partial charge in [0, 0.05) is 33.0 Å². The Morgan fingerprint density at radius 3 is 2.62 bits per heavy atom. The molecule has 0 aromatic carbocycles. The molecule has 2 amide bonds. The van der Waals surface area contributed by atoms with Crippen LogP contribution in [0.25, 0.3) is 0 Å². The Labute approximate surface area is 141 Å². The Hall–Kier alpha value is -2.15. The van der Waals surface area contributed by atoms with E-state index in [2.05, 4.69) is 15.2 Å². The van der Waals surface area contributed by atoms with Gasteiger partial charge in [0.1, 0.15) is 11.9 Å². The van der Waals surface area contributed by atoms with Crippen LogP contribution in [-0.2, 0) is 9.59 Å². The van der Waals surface area contributed by atoms with Crippen molar-refractivity contribution in [3.8, 4) is 0 Å². The third kappa shape index (κ3) is 3.67. The molecule has 130 valence electrons. The molecule has 0 spiro atoms. The van der Waals surface area contributed by atoms with Crippen molar-refractivity contribution in [2.75, 3.05) is 29.9 Å². The van der Waals surface area contributed by atoms with Crippen LogP contribution in [0.2, 0.25) is 0 Å². The Kier molecular flexibility index (Phi) is 4.99. The number of pyridine rings is 1. The maximum Gasteiger partial charge on any atom is 0.247 e. The zero-order chi connectivity index (χ0) is 17.1. The van der Waals surface area contributed by atoms with Gasteiger partial charge >= 0.3 is 0 Å². The number of aliphatic hydroxyl groups is 1. The first-order chi connectivity index (χ1) is 11.5. The van der Waals surface area contributed by atoms with Crippen molar-refractivity contribution in [1.29, 1.82) is 0 Å². The van der Waals surface area contributed by atoms with E-state index in [1.807, 2.05) is 12.1 Å². The number of aromatic nitrogens is 1. The van der Waals surface area contributed by atoms with E-state index < -0.39 is 12.1 Å². The standard InChI is InChI=1S/C17H24N4O3/c1-12(22)21-11-14(23)9-15(21)17(24)19-13-5-6-16(18-10-13)20-7-3-2-4-8-20/h5-6,10,14-15,23H,2-4,7-9,11H2,1H3,(H,19,24)/t14-,15-/m1/s1. The molecule has 24 heavy (non-hydrogen) atoms. The normalized spacial score (nSPS) is 24.1. The van der Waals surface area contributed by atoms with Crippen molar-refractivity contribution in [3.63, 3.8) is 0 Å². The summed E-state index contributed by atoms with van der Waals surface area (Å²) in [5.41, 5.74) is 0.602. The van der Waals surface area contributed by atoms with Gasteiger partial charge in [0.15, 0.2) is 0 Å². The van der Waals surface area contributed by atoms with E-state index in [0.717, 1.165) is 18.9 Å². The number of carbonyl (C=O) groups excluding carboxylic acids is 2. The fourth-order valence-electron chi connectivity index (χ4n) is 3.41. The molecule has 0 unspecified atom stereocenters. The van der Waals surface area contributed by atoms with Gasteiger partial charge in [0.2, 0.25) is 11.8 Å².